The van der Waals surface area contributed by atoms with Gasteiger partial charge in [-0.3, -0.25) is 10.1 Å². The lowest BCUT2D eigenvalue weighted by Gasteiger charge is -2.12. The van der Waals surface area contributed by atoms with E-state index in [4.69, 9.17) is 0 Å². The average Bonchev–Trinajstić information content (AvgIpc) is 2.62. The first-order chi connectivity index (χ1) is 12.3. The fourth-order valence-electron chi connectivity index (χ4n) is 2.09. The van der Waals surface area contributed by atoms with Gasteiger partial charge >= 0.3 is 5.71 Å². The van der Waals surface area contributed by atoms with E-state index in [0.29, 0.717) is 5.56 Å². The van der Waals surface area contributed by atoms with Crippen molar-refractivity contribution in [2.45, 2.75) is 4.90 Å². The summed E-state index contributed by atoms with van der Waals surface area (Å²) in [7, 11) is -1.20. The van der Waals surface area contributed by atoms with Crippen LogP contribution in [-0.4, -0.2) is 48.7 Å². The van der Waals surface area contributed by atoms with Gasteiger partial charge in [-0.1, -0.05) is 24.3 Å². The molecule has 0 aliphatic heterocycles. The van der Waals surface area contributed by atoms with E-state index in [2.05, 4.69) is 9.19 Å². The van der Waals surface area contributed by atoms with E-state index < -0.39 is 14.9 Å². The Labute approximate surface area is 150 Å². The van der Waals surface area contributed by atoms with Crippen LogP contribution < -0.4 is 0 Å². The zero-order valence-electron chi connectivity index (χ0n) is 14.0. The summed E-state index contributed by atoms with van der Waals surface area (Å²) >= 11 is 0. The van der Waals surface area contributed by atoms with Crippen LogP contribution in [0, 0.1) is 10.1 Å². The van der Waals surface area contributed by atoms with Crippen LogP contribution in [0.2, 0.25) is 0 Å². The van der Waals surface area contributed by atoms with Crippen LogP contribution in [0.3, 0.4) is 0 Å². The van der Waals surface area contributed by atoms with E-state index in [9.17, 15) is 24.1 Å². The summed E-state index contributed by atoms with van der Waals surface area (Å²) in [6, 6.07) is 13.0. The fourth-order valence-corrected chi connectivity index (χ4v) is 3.19. The number of likely N-dealkylation sites (N-methyl/N-ethyl adjacent to an activating group) is 1. The van der Waals surface area contributed by atoms with Crippen molar-refractivity contribution in [3.8, 4) is 0 Å². The zero-order chi connectivity index (χ0) is 19.3. The SMILES string of the molecule is CN(C)/C(=N\S(=O)(=O)c1cccc([N+](=O)[O-])c1)C(=[N+]=[N-])c1ccccc1. The summed E-state index contributed by atoms with van der Waals surface area (Å²) in [5.41, 5.74) is 9.41. The van der Waals surface area contributed by atoms with Gasteiger partial charge in [-0.2, -0.15) is 13.2 Å². The largest absolute Gasteiger partial charge is 0.365 e. The molecule has 0 saturated carbocycles. The number of benzene rings is 2. The summed E-state index contributed by atoms with van der Waals surface area (Å²) in [6.07, 6.45) is 0. The van der Waals surface area contributed by atoms with Crippen LogP contribution >= 0.6 is 0 Å². The van der Waals surface area contributed by atoms with Crippen molar-refractivity contribution in [1.82, 2.24) is 4.90 Å². The van der Waals surface area contributed by atoms with Crippen molar-refractivity contribution in [2.75, 3.05) is 14.1 Å². The van der Waals surface area contributed by atoms with Crippen LogP contribution in [0.15, 0.2) is 63.9 Å². The Bertz CT molecular complexity index is 1010. The van der Waals surface area contributed by atoms with E-state index in [0.717, 1.165) is 6.07 Å². The Morgan fingerprint density at radius 3 is 2.35 bits per heavy atom. The van der Waals surface area contributed by atoms with Crippen molar-refractivity contribution in [1.29, 1.82) is 0 Å². The molecule has 0 N–H and O–H groups in total. The van der Waals surface area contributed by atoms with E-state index in [1.54, 1.807) is 30.3 Å². The summed E-state index contributed by atoms with van der Waals surface area (Å²) < 4.78 is 28.9. The lowest BCUT2D eigenvalue weighted by molar-refractivity contribution is -0.385. The van der Waals surface area contributed by atoms with E-state index in [1.165, 1.54) is 37.2 Å². The normalized spacial score (nSPS) is 11.5. The summed E-state index contributed by atoms with van der Waals surface area (Å²) in [6.45, 7) is 0. The molecule has 134 valence electrons. The highest BCUT2D eigenvalue weighted by Crippen LogP contribution is 2.19. The molecule has 0 unspecified atom stereocenters. The minimum atomic E-state index is -4.27. The first kappa shape index (κ1) is 19.0. The maximum atomic E-state index is 12.6. The number of sulfonamides is 1. The Balaban J connectivity index is 2.59. The predicted octanol–water partition coefficient (Wildman–Crippen LogP) is 1.96. The first-order valence-electron chi connectivity index (χ1n) is 7.31. The predicted molar refractivity (Wildman–Crippen MR) is 95.6 cm³/mol. The second-order valence-electron chi connectivity index (χ2n) is 5.35. The molecule has 0 saturated heterocycles. The molecular weight excluding hydrogens is 358 g/mol. The molecule has 2 rings (SSSR count). The number of nitro groups is 1. The van der Waals surface area contributed by atoms with Crippen LogP contribution in [0.25, 0.3) is 5.53 Å². The highest BCUT2D eigenvalue weighted by atomic mass is 32.2. The molecule has 10 heteroatoms. The Hall–Kier alpha value is -3.36. The number of rotatable bonds is 5. The lowest BCUT2D eigenvalue weighted by atomic mass is 10.1. The molecule has 0 aliphatic carbocycles. The minimum absolute atomic E-state index is 0.0513. The molecule has 2 aromatic carbocycles. The maximum absolute atomic E-state index is 12.6. The summed E-state index contributed by atoms with van der Waals surface area (Å²) in [4.78, 5) is 14.4. The Morgan fingerprint density at radius 1 is 1.15 bits per heavy atom. The average molecular weight is 373 g/mol. The number of non-ortho nitro benzene ring substituents is 1. The minimum Gasteiger partial charge on any atom is -0.361 e. The van der Waals surface area contributed by atoms with Crippen molar-refractivity contribution >= 4 is 27.3 Å². The Morgan fingerprint density at radius 2 is 1.81 bits per heavy atom. The maximum Gasteiger partial charge on any atom is 0.365 e. The summed E-state index contributed by atoms with van der Waals surface area (Å²) in [5, 5.41) is 10.9. The fraction of sp³-hybridized carbons (Fsp3) is 0.125. The molecule has 0 aliphatic rings. The number of nitro benzene ring substituents is 1. The molecule has 0 amide bonds. The number of hydrogen-bond donors (Lipinski definition) is 0. The highest BCUT2D eigenvalue weighted by Gasteiger charge is 2.27. The van der Waals surface area contributed by atoms with E-state index >= 15 is 0 Å². The second kappa shape index (κ2) is 7.68. The molecule has 2 aromatic rings. The van der Waals surface area contributed by atoms with Crippen LogP contribution in [0.5, 0.6) is 0 Å². The highest BCUT2D eigenvalue weighted by molar-refractivity contribution is 7.90. The molecule has 0 fully saturated rings. The van der Waals surface area contributed by atoms with Gasteiger partial charge in [0.05, 0.1) is 15.4 Å². The van der Waals surface area contributed by atoms with Gasteiger partial charge in [-0.25, -0.2) is 0 Å². The zero-order valence-corrected chi connectivity index (χ0v) is 14.8. The van der Waals surface area contributed by atoms with Gasteiger partial charge in [0.15, 0.2) is 0 Å². The van der Waals surface area contributed by atoms with Gasteiger partial charge in [0.25, 0.3) is 15.7 Å². The molecular formula is C16H15N5O4S. The number of amidine groups is 1. The second-order valence-corrected chi connectivity index (χ2v) is 6.96. The molecule has 9 nitrogen and oxygen atoms in total. The third kappa shape index (κ3) is 4.18. The quantitative estimate of drug-likeness (QED) is 0.197. The van der Waals surface area contributed by atoms with Crippen molar-refractivity contribution < 1.29 is 18.1 Å². The number of nitrogens with zero attached hydrogens (tertiary/aromatic N) is 5. The standard InChI is InChI=1S/C16H15N5O4S/c1-20(2)16(15(18-17)12-7-4-3-5-8-12)19-26(24,25)14-10-6-9-13(11-14)21(22)23/h3-11H,1-2H3/b19-16-. The van der Waals surface area contributed by atoms with Gasteiger partial charge in [0, 0.05) is 26.2 Å². The van der Waals surface area contributed by atoms with Crippen LogP contribution in [0.4, 0.5) is 5.69 Å². The van der Waals surface area contributed by atoms with Crippen molar-refractivity contribution in [3.63, 3.8) is 0 Å². The molecule has 0 radical (unpaired) electrons. The molecule has 0 heterocycles. The molecule has 26 heavy (non-hydrogen) atoms. The van der Waals surface area contributed by atoms with E-state index in [-0.39, 0.29) is 22.1 Å². The third-order valence-corrected chi connectivity index (χ3v) is 4.58. The van der Waals surface area contributed by atoms with Crippen LogP contribution in [0.1, 0.15) is 5.56 Å². The van der Waals surface area contributed by atoms with Crippen LogP contribution in [-0.2, 0) is 10.0 Å². The van der Waals surface area contributed by atoms with Gasteiger partial charge < -0.3 is 10.4 Å². The monoisotopic (exact) mass is 373 g/mol. The van der Waals surface area contributed by atoms with Gasteiger partial charge in [-0.05, 0) is 18.2 Å². The topological polar surface area (TPSA) is 129 Å². The molecule has 0 bridgehead atoms. The van der Waals surface area contributed by atoms with Gasteiger partial charge in [0.1, 0.15) is 0 Å². The van der Waals surface area contributed by atoms with Crippen molar-refractivity contribution in [2.24, 2.45) is 4.40 Å². The Kier molecular flexibility index (Phi) is 5.61. The van der Waals surface area contributed by atoms with Gasteiger partial charge in [0.2, 0.25) is 5.84 Å². The smallest absolute Gasteiger partial charge is 0.361 e. The molecule has 0 spiro atoms. The summed E-state index contributed by atoms with van der Waals surface area (Å²) in [5.74, 6) is -0.120. The number of hydrogen-bond acceptors (Lipinski definition) is 4. The molecule has 0 aromatic heterocycles. The van der Waals surface area contributed by atoms with Gasteiger partial charge in [-0.15, -0.1) is 4.40 Å². The molecule has 0 atom stereocenters. The van der Waals surface area contributed by atoms with E-state index in [1.807, 2.05) is 0 Å². The van der Waals surface area contributed by atoms with Crippen molar-refractivity contribution in [3.05, 3.63) is 75.8 Å². The first-order valence-corrected chi connectivity index (χ1v) is 8.75. The third-order valence-electron chi connectivity index (χ3n) is 3.32. The lowest BCUT2D eigenvalue weighted by Crippen LogP contribution is -2.32.